The number of aromatic nitrogens is 1. The lowest BCUT2D eigenvalue weighted by atomic mass is 9.98. The van der Waals surface area contributed by atoms with Crippen molar-refractivity contribution >= 4 is 27.3 Å². The summed E-state index contributed by atoms with van der Waals surface area (Å²) in [6.07, 6.45) is 2.37. The molecule has 2 fully saturated rings. The minimum absolute atomic E-state index is 0.0623. The zero-order chi connectivity index (χ0) is 24.3. The van der Waals surface area contributed by atoms with Crippen molar-refractivity contribution in [1.29, 1.82) is 0 Å². The SMILES string of the molecule is CC(C)(C)c1nc(CN2CCCN(C(=O)C3CCCN(S(=O)(=O)c4ccccc4)C3)CC2)cs1. The third kappa shape index (κ3) is 5.87. The Morgan fingerprint density at radius 1 is 1.06 bits per heavy atom. The fourth-order valence-electron chi connectivity index (χ4n) is 4.66. The second-order valence-electron chi connectivity index (χ2n) is 10.4. The van der Waals surface area contributed by atoms with Crippen LogP contribution >= 0.6 is 11.3 Å². The first-order valence-corrected chi connectivity index (χ1v) is 14.5. The Morgan fingerprint density at radius 2 is 1.82 bits per heavy atom. The van der Waals surface area contributed by atoms with Crippen LogP contribution < -0.4 is 0 Å². The Balaban J connectivity index is 1.35. The highest BCUT2D eigenvalue weighted by Gasteiger charge is 2.35. The van der Waals surface area contributed by atoms with Gasteiger partial charge in [0.25, 0.3) is 0 Å². The van der Waals surface area contributed by atoms with Gasteiger partial charge in [0.1, 0.15) is 0 Å². The first-order chi connectivity index (χ1) is 16.1. The number of piperidine rings is 1. The van der Waals surface area contributed by atoms with Crippen molar-refractivity contribution < 1.29 is 13.2 Å². The minimum atomic E-state index is -3.57. The molecule has 2 aromatic rings. The average Bonchev–Trinajstić information content (AvgIpc) is 3.18. The smallest absolute Gasteiger partial charge is 0.243 e. The molecule has 0 N–H and O–H groups in total. The van der Waals surface area contributed by atoms with Gasteiger partial charge in [-0.25, -0.2) is 13.4 Å². The maximum atomic E-state index is 13.4. The van der Waals surface area contributed by atoms with E-state index in [1.165, 1.54) is 4.31 Å². The highest BCUT2D eigenvalue weighted by Crippen LogP contribution is 2.27. The fourth-order valence-corrected chi connectivity index (χ4v) is 7.11. The van der Waals surface area contributed by atoms with Crippen molar-refractivity contribution in [1.82, 2.24) is 19.1 Å². The number of carbonyl (C=O) groups is 1. The van der Waals surface area contributed by atoms with Gasteiger partial charge >= 0.3 is 0 Å². The summed E-state index contributed by atoms with van der Waals surface area (Å²) < 4.78 is 27.6. The molecule has 1 aromatic heterocycles. The molecule has 1 amide bonds. The first kappa shape index (κ1) is 25.3. The van der Waals surface area contributed by atoms with Gasteiger partial charge in [0.2, 0.25) is 15.9 Å². The van der Waals surface area contributed by atoms with Gasteiger partial charge in [-0.15, -0.1) is 11.3 Å². The van der Waals surface area contributed by atoms with Gasteiger partial charge in [-0.3, -0.25) is 9.69 Å². The van der Waals surface area contributed by atoms with E-state index in [1.807, 2.05) is 11.0 Å². The largest absolute Gasteiger partial charge is 0.341 e. The Labute approximate surface area is 207 Å². The molecule has 1 unspecified atom stereocenters. The minimum Gasteiger partial charge on any atom is -0.341 e. The van der Waals surface area contributed by atoms with Gasteiger partial charge < -0.3 is 4.90 Å². The van der Waals surface area contributed by atoms with Crippen molar-refractivity contribution in [3.63, 3.8) is 0 Å². The van der Waals surface area contributed by atoms with Gasteiger partial charge in [0.05, 0.1) is 21.5 Å². The molecule has 3 heterocycles. The van der Waals surface area contributed by atoms with E-state index in [4.69, 9.17) is 4.98 Å². The molecule has 0 spiro atoms. The number of benzene rings is 1. The van der Waals surface area contributed by atoms with Gasteiger partial charge in [-0.2, -0.15) is 4.31 Å². The Bertz CT molecular complexity index is 1080. The number of hydrogen-bond acceptors (Lipinski definition) is 6. The molecule has 0 radical (unpaired) electrons. The summed E-state index contributed by atoms with van der Waals surface area (Å²) in [6, 6.07) is 8.52. The zero-order valence-electron chi connectivity index (χ0n) is 20.4. The predicted octanol–water partition coefficient (Wildman–Crippen LogP) is 3.58. The highest BCUT2D eigenvalue weighted by molar-refractivity contribution is 7.89. The second kappa shape index (κ2) is 10.4. The molecule has 2 saturated heterocycles. The van der Waals surface area contributed by atoms with Crippen LogP contribution in [0.5, 0.6) is 0 Å². The Kier molecular flexibility index (Phi) is 7.76. The van der Waals surface area contributed by atoms with Crippen LogP contribution in [-0.2, 0) is 26.8 Å². The number of sulfonamides is 1. The average molecular weight is 505 g/mol. The van der Waals surface area contributed by atoms with Crippen LogP contribution in [-0.4, -0.2) is 72.7 Å². The molecule has 34 heavy (non-hydrogen) atoms. The molecule has 2 aliphatic heterocycles. The van der Waals surface area contributed by atoms with Crippen LogP contribution in [0.25, 0.3) is 0 Å². The molecule has 2 aliphatic rings. The van der Waals surface area contributed by atoms with Crippen molar-refractivity contribution in [3.05, 3.63) is 46.4 Å². The van der Waals surface area contributed by atoms with Gasteiger partial charge in [-0.05, 0) is 31.4 Å². The summed E-state index contributed by atoms with van der Waals surface area (Å²) in [5.41, 5.74) is 1.16. The summed E-state index contributed by atoms with van der Waals surface area (Å²) in [7, 11) is -3.57. The molecule has 186 valence electrons. The first-order valence-electron chi connectivity index (χ1n) is 12.2. The molecule has 7 nitrogen and oxygen atoms in total. The standard InChI is InChI=1S/C25H36N4O3S2/c1-25(2,3)24-26-21(19-33-24)18-27-12-8-13-28(16-15-27)23(30)20-9-7-14-29(17-20)34(31,32)22-10-5-4-6-11-22/h4-6,10-11,19-20H,7-9,12-18H2,1-3H3. The number of amides is 1. The Hall–Kier alpha value is -1.81. The van der Waals surface area contributed by atoms with Gasteiger partial charge in [0, 0.05) is 56.6 Å². The Morgan fingerprint density at radius 3 is 2.53 bits per heavy atom. The molecule has 1 aromatic carbocycles. The summed E-state index contributed by atoms with van der Waals surface area (Å²) >= 11 is 1.72. The summed E-state index contributed by atoms with van der Waals surface area (Å²) in [5.74, 6) is -0.176. The lowest BCUT2D eigenvalue weighted by Crippen LogP contribution is -2.47. The van der Waals surface area contributed by atoms with Crippen LogP contribution in [0.1, 0.15) is 50.7 Å². The molecule has 0 saturated carbocycles. The van der Waals surface area contributed by atoms with Crippen LogP contribution in [0.2, 0.25) is 0 Å². The van der Waals surface area contributed by atoms with Gasteiger partial charge in [0.15, 0.2) is 0 Å². The highest BCUT2D eigenvalue weighted by atomic mass is 32.2. The van der Waals surface area contributed by atoms with E-state index < -0.39 is 10.0 Å². The topological polar surface area (TPSA) is 73.8 Å². The van der Waals surface area contributed by atoms with Crippen LogP contribution in [0.15, 0.2) is 40.6 Å². The quantitative estimate of drug-likeness (QED) is 0.622. The second-order valence-corrected chi connectivity index (χ2v) is 13.2. The number of carbonyl (C=O) groups excluding carboxylic acids is 1. The van der Waals surface area contributed by atoms with Crippen molar-refractivity contribution in [3.8, 4) is 0 Å². The van der Waals surface area contributed by atoms with Crippen molar-refractivity contribution in [2.24, 2.45) is 5.92 Å². The molecule has 1 atom stereocenters. The van der Waals surface area contributed by atoms with E-state index in [1.54, 1.807) is 35.6 Å². The fraction of sp³-hybridized carbons (Fsp3) is 0.600. The third-order valence-corrected chi connectivity index (χ3v) is 9.79. The van der Waals surface area contributed by atoms with E-state index in [-0.39, 0.29) is 23.8 Å². The number of thiazole rings is 1. The normalized spacial score (nSPS) is 21.4. The predicted molar refractivity (Wildman–Crippen MR) is 135 cm³/mol. The van der Waals surface area contributed by atoms with E-state index in [9.17, 15) is 13.2 Å². The molecule has 0 aliphatic carbocycles. The van der Waals surface area contributed by atoms with E-state index in [0.717, 1.165) is 49.7 Å². The summed E-state index contributed by atoms with van der Waals surface area (Å²) in [6.45, 7) is 11.2. The molecule has 9 heteroatoms. The summed E-state index contributed by atoms with van der Waals surface area (Å²) in [4.78, 5) is 22.8. The zero-order valence-corrected chi connectivity index (χ0v) is 22.1. The van der Waals surface area contributed by atoms with Crippen LogP contribution in [0.4, 0.5) is 0 Å². The molecular formula is C25H36N4O3S2. The summed E-state index contributed by atoms with van der Waals surface area (Å²) in [5, 5.41) is 3.31. The van der Waals surface area contributed by atoms with Gasteiger partial charge in [-0.1, -0.05) is 39.0 Å². The monoisotopic (exact) mass is 504 g/mol. The maximum absolute atomic E-state index is 13.4. The van der Waals surface area contributed by atoms with E-state index in [0.29, 0.717) is 24.4 Å². The number of nitrogens with zero attached hydrogens (tertiary/aromatic N) is 4. The van der Waals surface area contributed by atoms with Crippen molar-refractivity contribution in [2.45, 2.75) is 56.9 Å². The van der Waals surface area contributed by atoms with Crippen LogP contribution in [0, 0.1) is 5.92 Å². The molecular weight excluding hydrogens is 468 g/mol. The lowest BCUT2D eigenvalue weighted by molar-refractivity contribution is -0.136. The lowest BCUT2D eigenvalue weighted by Gasteiger charge is -2.34. The molecule has 4 rings (SSSR count). The third-order valence-electron chi connectivity index (χ3n) is 6.59. The van der Waals surface area contributed by atoms with E-state index in [2.05, 4.69) is 31.1 Å². The van der Waals surface area contributed by atoms with E-state index >= 15 is 0 Å². The van der Waals surface area contributed by atoms with Crippen molar-refractivity contribution in [2.75, 3.05) is 39.3 Å². The number of rotatable bonds is 5. The number of hydrogen-bond donors (Lipinski definition) is 0. The maximum Gasteiger partial charge on any atom is 0.243 e. The molecule has 0 bridgehead atoms. The van der Waals surface area contributed by atoms with Crippen LogP contribution in [0.3, 0.4) is 0 Å².